The van der Waals surface area contributed by atoms with Crippen molar-refractivity contribution < 1.29 is 4.90 Å². The normalized spacial score (nSPS) is 11.2. The molecule has 0 saturated heterocycles. The number of benzene rings is 1. The molecule has 3 heteroatoms. The summed E-state index contributed by atoms with van der Waals surface area (Å²) in [6.45, 7) is 2.12. The third-order valence-corrected chi connectivity index (χ3v) is 2.86. The lowest BCUT2D eigenvalue weighted by atomic mass is 10.1. The highest BCUT2D eigenvalue weighted by Gasteiger charge is 2.15. The minimum Gasteiger partial charge on any atom is -0.398 e. The number of nitrogens with two attached hydrogens (primary N) is 1. The van der Waals surface area contributed by atoms with Gasteiger partial charge in [0.15, 0.2) is 0 Å². The number of nitrogens with one attached hydrogen (secondary N) is 1. The lowest BCUT2D eigenvalue weighted by Crippen LogP contribution is -3.00. The number of pyridine rings is 1. The number of nitrogen functional groups attached to an aromatic ring is 1. The van der Waals surface area contributed by atoms with Gasteiger partial charge in [0.1, 0.15) is 0 Å². The van der Waals surface area contributed by atoms with Crippen LogP contribution in [0, 0.1) is 0 Å². The van der Waals surface area contributed by atoms with Crippen LogP contribution >= 0.6 is 0 Å². The smallest absolute Gasteiger partial charge is 0.231 e. The van der Waals surface area contributed by atoms with Gasteiger partial charge in [0.05, 0.1) is 30.9 Å². The number of anilines is 1. The number of aromatic nitrogens is 1. The van der Waals surface area contributed by atoms with E-state index in [1.165, 1.54) is 10.5 Å². The molecule has 0 fully saturated rings. The fraction of sp³-hybridized carbons (Fsp3) is 0.308. The number of para-hydroxylation sites is 1. The van der Waals surface area contributed by atoms with E-state index < -0.39 is 0 Å². The van der Waals surface area contributed by atoms with Crippen LogP contribution in [0.5, 0.6) is 0 Å². The Hall–Kier alpha value is -1.61. The number of quaternary nitrogens is 1. The van der Waals surface area contributed by atoms with Crippen LogP contribution in [0.2, 0.25) is 0 Å². The maximum Gasteiger partial charge on any atom is 0.231 e. The first kappa shape index (κ1) is 10.9. The van der Waals surface area contributed by atoms with Crippen LogP contribution < -0.4 is 10.6 Å². The van der Waals surface area contributed by atoms with Gasteiger partial charge in [-0.2, -0.15) is 4.98 Å². The molecule has 84 valence electrons. The van der Waals surface area contributed by atoms with Gasteiger partial charge in [-0.15, -0.1) is 0 Å². The van der Waals surface area contributed by atoms with Crippen molar-refractivity contribution in [2.24, 2.45) is 0 Å². The van der Waals surface area contributed by atoms with E-state index in [9.17, 15) is 0 Å². The molecule has 0 aliphatic heterocycles. The lowest BCUT2D eigenvalue weighted by molar-refractivity contribution is -0.789. The molecular weight excluding hydrogens is 198 g/mol. The van der Waals surface area contributed by atoms with E-state index in [2.05, 4.69) is 26.0 Å². The standard InChI is InChI=1S/C13H17N3/c1-4-9-12(14)10-7-5-6-8-11(10)15-13(9)16(2)3/h5-8H,4H2,1-3H3,(H2,14,15)/p+1. The fourth-order valence-electron chi connectivity index (χ4n) is 2.05. The van der Waals surface area contributed by atoms with Crippen LogP contribution in [-0.4, -0.2) is 19.1 Å². The van der Waals surface area contributed by atoms with Crippen LogP contribution in [0.3, 0.4) is 0 Å². The summed E-state index contributed by atoms with van der Waals surface area (Å²) in [6, 6.07) is 8.04. The largest absolute Gasteiger partial charge is 0.398 e. The fourth-order valence-corrected chi connectivity index (χ4v) is 2.05. The number of hydrogen-bond donors (Lipinski definition) is 2. The molecule has 0 radical (unpaired) electrons. The van der Waals surface area contributed by atoms with Crippen molar-refractivity contribution in [3.05, 3.63) is 29.8 Å². The van der Waals surface area contributed by atoms with E-state index >= 15 is 0 Å². The van der Waals surface area contributed by atoms with Gasteiger partial charge in [-0.3, -0.25) is 4.90 Å². The van der Waals surface area contributed by atoms with Gasteiger partial charge in [0, 0.05) is 5.39 Å². The molecule has 1 aromatic carbocycles. The molecule has 0 aliphatic rings. The van der Waals surface area contributed by atoms with E-state index in [0.717, 1.165) is 28.8 Å². The average Bonchev–Trinajstić information content (AvgIpc) is 2.29. The van der Waals surface area contributed by atoms with Crippen LogP contribution in [-0.2, 0) is 6.42 Å². The Morgan fingerprint density at radius 3 is 2.56 bits per heavy atom. The maximum atomic E-state index is 6.21. The Bertz CT molecular complexity index is 518. The van der Waals surface area contributed by atoms with Gasteiger partial charge in [-0.1, -0.05) is 25.1 Å². The molecule has 0 aliphatic carbocycles. The third kappa shape index (κ3) is 1.63. The first-order valence-electron chi connectivity index (χ1n) is 5.62. The molecule has 0 spiro atoms. The van der Waals surface area contributed by atoms with Gasteiger partial charge in [0.25, 0.3) is 0 Å². The average molecular weight is 216 g/mol. The second-order valence-electron chi connectivity index (χ2n) is 4.22. The quantitative estimate of drug-likeness (QED) is 0.791. The SMILES string of the molecule is CCc1c([NH+](C)C)nc2ccccc2c1N. The zero-order chi connectivity index (χ0) is 11.7. The second kappa shape index (κ2) is 4.10. The maximum absolute atomic E-state index is 6.21. The van der Waals surface area contributed by atoms with Gasteiger partial charge >= 0.3 is 0 Å². The van der Waals surface area contributed by atoms with Crippen molar-refractivity contribution in [3.63, 3.8) is 0 Å². The predicted molar refractivity (Wildman–Crippen MR) is 68.0 cm³/mol. The molecule has 16 heavy (non-hydrogen) atoms. The Morgan fingerprint density at radius 2 is 1.94 bits per heavy atom. The summed E-state index contributed by atoms with van der Waals surface area (Å²) in [7, 11) is 4.16. The molecule has 2 aromatic rings. The molecule has 1 aromatic heterocycles. The van der Waals surface area contributed by atoms with Crippen molar-refractivity contribution in [1.82, 2.24) is 4.98 Å². The van der Waals surface area contributed by atoms with Crippen molar-refractivity contribution >= 4 is 22.4 Å². The van der Waals surface area contributed by atoms with Crippen LogP contribution in [0.15, 0.2) is 24.3 Å². The van der Waals surface area contributed by atoms with E-state index in [4.69, 9.17) is 5.73 Å². The highest BCUT2D eigenvalue weighted by molar-refractivity contribution is 5.93. The monoisotopic (exact) mass is 216 g/mol. The van der Waals surface area contributed by atoms with Crippen molar-refractivity contribution in [1.29, 1.82) is 0 Å². The Kier molecular flexibility index (Phi) is 2.79. The van der Waals surface area contributed by atoms with Gasteiger partial charge < -0.3 is 5.73 Å². The summed E-state index contributed by atoms with van der Waals surface area (Å²) in [4.78, 5) is 5.91. The van der Waals surface area contributed by atoms with E-state index in [1.54, 1.807) is 0 Å². The molecule has 0 unspecified atom stereocenters. The predicted octanol–water partition coefficient (Wildman–Crippen LogP) is 1.16. The highest BCUT2D eigenvalue weighted by Crippen LogP contribution is 2.27. The Morgan fingerprint density at radius 1 is 1.25 bits per heavy atom. The van der Waals surface area contributed by atoms with E-state index in [-0.39, 0.29) is 0 Å². The molecule has 0 amide bonds. The molecular formula is C13H18N3+. The molecule has 1 heterocycles. The van der Waals surface area contributed by atoms with Gasteiger partial charge in [-0.05, 0) is 12.5 Å². The lowest BCUT2D eigenvalue weighted by Gasteiger charge is -2.14. The van der Waals surface area contributed by atoms with Crippen molar-refractivity contribution in [3.8, 4) is 0 Å². The van der Waals surface area contributed by atoms with Gasteiger partial charge in [-0.25, -0.2) is 0 Å². The van der Waals surface area contributed by atoms with E-state index in [0.29, 0.717) is 0 Å². The summed E-state index contributed by atoms with van der Waals surface area (Å²) in [5.74, 6) is 1.05. The Labute approximate surface area is 95.9 Å². The summed E-state index contributed by atoms with van der Waals surface area (Å²) in [5.41, 5.74) is 9.24. The minimum absolute atomic E-state index is 0.879. The summed E-state index contributed by atoms with van der Waals surface area (Å²) in [5, 5.41) is 1.06. The molecule has 3 N–H and O–H groups in total. The summed E-state index contributed by atoms with van der Waals surface area (Å²) >= 11 is 0. The number of fused-ring (bicyclic) bond motifs is 1. The molecule has 3 nitrogen and oxygen atoms in total. The Balaban J connectivity index is 2.81. The van der Waals surface area contributed by atoms with Crippen LogP contribution in [0.4, 0.5) is 11.5 Å². The van der Waals surface area contributed by atoms with Crippen LogP contribution in [0.25, 0.3) is 10.9 Å². The van der Waals surface area contributed by atoms with Crippen LogP contribution in [0.1, 0.15) is 12.5 Å². The molecule has 2 rings (SSSR count). The van der Waals surface area contributed by atoms with E-state index in [1.807, 2.05) is 24.3 Å². The minimum atomic E-state index is 0.879. The second-order valence-corrected chi connectivity index (χ2v) is 4.22. The zero-order valence-corrected chi connectivity index (χ0v) is 10.0. The van der Waals surface area contributed by atoms with Gasteiger partial charge in [0.2, 0.25) is 5.82 Å². The number of nitrogens with zero attached hydrogens (tertiary/aromatic N) is 1. The first-order chi connectivity index (χ1) is 7.65. The van der Waals surface area contributed by atoms with Crippen molar-refractivity contribution in [2.45, 2.75) is 13.3 Å². The summed E-state index contributed by atoms with van der Waals surface area (Å²) < 4.78 is 0. The summed E-state index contributed by atoms with van der Waals surface area (Å²) in [6.07, 6.45) is 0.921. The first-order valence-corrected chi connectivity index (χ1v) is 5.62. The highest BCUT2D eigenvalue weighted by atomic mass is 15.1. The zero-order valence-electron chi connectivity index (χ0n) is 10.0. The van der Waals surface area contributed by atoms with Crippen molar-refractivity contribution in [2.75, 3.05) is 19.8 Å². The molecule has 0 bridgehead atoms. The molecule has 0 saturated carbocycles. The molecule has 0 atom stereocenters. The topological polar surface area (TPSA) is 43.4 Å². The third-order valence-electron chi connectivity index (χ3n) is 2.86. The number of hydrogen-bond acceptors (Lipinski definition) is 2. The number of rotatable bonds is 2.